The number of aliphatic hydroxyl groups excluding tert-OH is 2. The summed E-state index contributed by atoms with van der Waals surface area (Å²) in [5, 5.41) is 31.8. The summed E-state index contributed by atoms with van der Waals surface area (Å²) >= 11 is 0. The summed E-state index contributed by atoms with van der Waals surface area (Å²) in [6.07, 6.45) is 2.13. The molecule has 1 heterocycles. The molecule has 5 rings (SSSR count). The lowest BCUT2D eigenvalue weighted by molar-refractivity contribution is -0.127. The number of hydrogen-bond acceptors (Lipinski definition) is 8. The number of nitrogens with zero attached hydrogens (tertiary/aromatic N) is 1. The van der Waals surface area contributed by atoms with Gasteiger partial charge in [0.1, 0.15) is 18.0 Å². The molecule has 3 aromatic carbocycles. The first-order valence-corrected chi connectivity index (χ1v) is 17.2. The molecular weight excluding hydrogens is 632 g/mol. The minimum Gasteiger partial charge on any atom is -0.492 e. The summed E-state index contributed by atoms with van der Waals surface area (Å²) in [5.74, 6) is -0.274. The number of nitrogens with one attached hydrogen (secondary N) is 3. The number of benzene rings is 3. The highest BCUT2D eigenvalue weighted by molar-refractivity contribution is 5.80. The van der Waals surface area contributed by atoms with E-state index in [0.717, 1.165) is 27.9 Å². The molecule has 0 spiro atoms. The van der Waals surface area contributed by atoms with Crippen LogP contribution >= 0.6 is 0 Å². The van der Waals surface area contributed by atoms with E-state index < -0.39 is 41.9 Å². The van der Waals surface area contributed by atoms with Crippen molar-refractivity contribution < 1.29 is 29.3 Å². The smallest absolute Gasteiger partial charge is 0.407 e. The fraction of sp³-hybridized carbons (Fsp3) is 0.375. The van der Waals surface area contributed by atoms with Gasteiger partial charge < -0.3 is 35.6 Å². The number of ether oxygens (including phenoxy) is 2. The van der Waals surface area contributed by atoms with Crippen molar-refractivity contribution in [3.63, 3.8) is 0 Å². The molecule has 10 nitrogen and oxygen atoms in total. The van der Waals surface area contributed by atoms with E-state index in [1.54, 1.807) is 33.2 Å². The van der Waals surface area contributed by atoms with Crippen molar-refractivity contribution in [1.82, 2.24) is 15.6 Å². The van der Waals surface area contributed by atoms with E-state index in [2.05, 4.69) is 20.9 Å². The van der Waals surface area contributed by atoms with E-state index in [-0.39, 0.29) is 12.3 Å². The van der Waals surface area contributed by atoms with Crippen LogP contribution < -0.4 is 20.7 Å². The van der Waals surface area contributed by atoms with Crippen LogP contribution in [0.3, 0.4) is 0 Å². The second-order valence-electron chi connectivity index (χ2n) is 13.8. The highest BCUT2D eigenvalue weighted by Gasteiger charge is 2.35. The number of pyridine rings is 1. The van der Waals surface area contributed by atoms with Gasteiger partial charge in [-0.1, -0.05) is 66.7 Å². The number of carbonyl (C=O) groups is 2. The van der Waals surface area contributed by atoms with Gasteiger partial charge in [-0.15, -0.1) is 0 Å². The van der Waals surface area contributed by atoms with Gasteiger partial charge in [0.05, 0.1) is 24.3 Å². The summed E-state index contributed by atoms with van der Waals surface area (Å²) in [5.41, 5.74) is 3.93. The predicted molar refractivity (Wildman–Crippen MR) is 193 cm³/mol. The minimum atomic E-state index is -1.09. The monoisotopic (exact) mass is 680 g/mol. The maximum atomic E-state index is 14.1. The van der Waals surface area contributed by atoms with Gasteiger partial charge in [0.25, 0.3) is 0 Å². The fourth-order valence-electron chi connectivity index (χ4n) is 6.21. The maximum Gasteiger partial charge on any atom is 0.407 e. The summed E-state index contributed by atoms with van der Waals surface area (Å²) in [6, 6.07) is 27.3. The zero-order chi connectivity index (χ0) is 35.5. The Morgan fingerprint density at radius 1 is 0.900 bits per heavy atom. The SMILES string of the molecule is CC(C)(C)OC(=O)N[C@@H](Cc1ccccc1)[C@@H](O)C[C@@H](Cc1ccc(OCCNc2ccncc2)cc1)C(=O)N[C@H]1c2ccccc2C[C@H]1O. The summed E-state index contributed by atoms with van der Waals surface area (Å²) < 4.78 is 11.4. The molecule has 1 aromatic heterocycles. The van der Waals surface area contributed by atoms with Gasteiger partial charge in [0.2, 0.25) is 5.91 Å². The summed E-state index contributed by atoms with van der Waals surface area (Å²) in [4.78, 5) is 31.0. The van der Waals surface area contributed by atoms with Crippen molar-refractivity contribution in [1.29, 1.82) is 0 Å². The van der Waals surface area contributed by atoms with Gasteiger partial charge in [0.15, 0.2) is 0 Å². The van der Waals surface area contributed by atoms with Crippen molar-refractivity contribution in [2.75, 3.05) is 18.5 Å². The van der Waals surface area contributed by atoms with E-state index in [9.17, 15) is 19.8 Å². The second-order valence-corrected chi connectivity index (χ2v) is 13.8. The number of anilines is 1. The van der Waals surface area contributed by atoms with Crippen LogP contribution in [-0.2, 0) is 28.8 Å². The average Bonchev–Trinajstić information content (AvgIpc) is 3.41. The Morgan fingerprint density at radius 3 is 2.30 bits per heavy atom. The highest BCUT2D eigenvalue weighted by atomic mass is 16.6. The Bertz CT molecular complexity index is 1660. The van der Waals surface area contributed by atoms with Crippen LogP contribution in [0.2, 0.25) is 0 Å². The van der Waals surface area contributed by atoms with Gasteiger partial charge >= 0.3 is 6.09 Å². The summed E-state index contributed by atoms with van der Waals surface area (Å²) in [6.45, 7) is 6.41. The Labute approximate surface area is 294 Å². The number of aliphatic hydroxyl groups is 2. The molecule has 0 aliphatic heterocycles. The molecule has 4 aromatic rings. The largest absolute Gasteiger partial charge is 0.492 e. The van der Waals surface area contributed by atoms with E-state index in [0.29, 0.717) is 38.2 Å². The molecule has 0 saturated carbocycles. The van der Waals surface area contributed by atoms with Crippen molar-refractivity contribution in [3.05, 3.63) is 126 Å². The average molecular weight is 681 g/mol. The topological polar surface area (TPSA) is 142 Å². The van der Waals surface area contributed by atoms with Gasteiger partial charge in [-0.3, -0.25) is 9.78 Å². The van der Waals surface area contributed by atoms with Gasteiger partial charge in [0, 0.05) is 37.0 Å². The van der Waals surface area contributed by atoms with Crippen LogP contribution in [-0.4, -0.2) is 64.2 Å². The van der Waals surface area contributed by atoms with E-state index >= 15 is 0 Å². The van der Waals surface area contributed by atoms with Crippen molar-refractivity contribution in [3.8, 4) is 5.75 Å². The molecular formula is C40H48N4O6. The highest BCUT2D eigenvalue weighted by Crippen LogP contribution is 2.32. The van der Waals surface area contributed by atoms with Crippen LogP contribution in [0.25, 0.3) is 0 Å². The van der Waals surface area contributed by atoms with Crippen LogP contribution in [0, 0.1) is 5.92 Å². The Morgan fingerprint density at radius 2 is 1.58 bits per heavy atom. The molecule has 0 radical (unpaired) electrons. The number of rotatable bonds is 15. The number of amides is 2. The van der Waals surface area contributed by atoms with E-state index in [1.165, 1.54) is 0 Å². The number of hydrogen-bond donors (Lipinski definition) is 5. The molecule has 1 aliphatic rings. The van der Waals surface area contributed by atoms with E-state index in [1.807, 2.05) is 91.0 Å². The minimum absolute atomic E-state index is 0.0581. The first-order chi connectivity index (χ1) is 24.0. The Balaban J connectivity index is 1.30. The van der Waals surface area contributed by atoms with Gasteiger partial charge in [-0.25, -0.2) is 4.79 Å². The van der Waals surface area contributed by atoms with Gasteiger partial charge in [-0.05, 0) is 86.6 Å². The molecule has 0 bridgehead atoms. The Kier molecular flexibility index (Phi) is 12.5. The third kappa shape index (κ3) is 10.8. The first kappa shape index (κ1) is 36.4. The third-order valence-electron chi connectivity index (χ3n) is 8.65. The van der Waals surface area contributed by atoms with Crippen LogP contribution in [0.5, 0.6) is 5.75 Å². The molecule has 0 saturated heterocycles. The van der Waals surface area contributed by atoms with Crippen LogP contribution in [0.4, 0.5) is 10.5 Å². The Hall–Kier alpha value is -4.93. The number of aromatic nitrogens is 1. The fourth-order valence-corrected chi connectivity index (χ4v) is 6.21. The molecule has 5 N–H and O–H groups in total. The zero-order valence-electron chi connectivity index (χ0n) is 28.9. The van der Waals surface area contributed by atoms with Crippen molar-refractivity contribution in [2.24, 2.45) is 5.92 Å². The van der Waals surface area contributed by atoms with Crippen molar-refractivity contribution >= 4 is 17.7 Å². The maximum absolute atomic E-state index is 14.1. The first-order valence-electron chi connectivity index (χ1n) is 17.2. The second kappa shape index (κ2) is 17.1. The predicted octanol–water partition coefficient (Wildman–Crippen LogP) is 5.39. The quantitative estimate of drug-likeness (QED) is 0.105. The molecule has 5 atom stereocenters. The zero-order valence-corrected chi connectivity index (χ0v) is 28.9. The van der Waals surface area contributed by atoms with Crippen LogP contribution in [0.15, 0.2) is 103 Å². The molecule has 0 unspecified atom stereocenters. The molecule has 50 heavy (non-hydrogen) atoms. The molecule has 0 fully saturated rings. The number of alkyl carbamates (subject to hydrolysis) is 1. The lowest BCUT2D eigenvalue weighted by Gasteiger charge is -2.29. The molecule has 1 aliphatic carbocycles. The normalized spacial score (nSPS) is 17.1. The number of fused-ring (bicyclic) bond motifs is 1. The molecule has 264 valence electrons. The molecule has 2 amide bonds. The summed E-state index contributed by atoms with van der Waals surface area (Å²) in [7, 11) is 0. The lowest BCUT2D eigenvalue weighted by Crippen LogP contribution is -2.48. The lowest BCUT2D eigenvalue weighted by atomic mass is 9.88. The van der Waals surface area contributed by atoms with Gasteiger partial charge in [-0.2, -0.15) is 0 Å². The van der Waals surface area contributed by atoms with Crippen LogP contribution in [0.1, 0.15) is 55.5 Å². The standard InChI is InChI=1S/C40H48N4O6/c1-40(2,3)50-39(48)43-34(24-27-9-5-4-6-10-27)35(45)26-30(38(47)44-37-33-12-8-7-11-29(33)25-36(37)46)23-28-13-15-32(16-14-28)49-22-21-42-31-17-19-41-20-18-31/h4-20,30,34-37,45-46H,21-26H2,1-3H3,(H,41,42)(H,43,48)(H,44,47)/t30-,34+,35+,36-,37+/m1/s1. The van der Waals surface area contributed by atoms with Crippen molar-refractivity contribution in [2.45, 2.75) is 76.3 Å². The van der Waals surface area contributed by atoms with E-state index in [4.69, 9.17) is 9.47 Å². The molecule has 10 heteroatoms. The number of carbonyl (C=O) groups excluding carboxylic acids is 2. The third-order valence-corrected chi connectivity index (χ3v) is 8.65.